The van der Waals surface area contributed by atoms with Gasteiger partial charge in [-0.25, -0.2) is 19.6 Å². The Morgan fingerprint density at radius 3 is 2.75 bits per heavy atom. The molecule has 0 fully saturated rings. The first-order valence-electron chi connectivity index (χ1n) is 5.52. The quantitative estimate of drug-likeness (QED) is 0.862. The van der Waals surface area contributed by atoms with Crippen LogP contribution >= 0.6 is 11.8 Å². The second kappa shape index (κ2) is 6.16. The Morgan fingerprint density at radius 2 is 2.05 bits per heavy atom. The highest BCUT2D eigenvalue weighted by atomic mass is 32.2. The van der Waals surface area contributed by atoms with Crippen molar-refractivity contribution in [3.8, 4) is 0 Å². The van der Waals surface area contributed by atoms with E-state index in [1.165, 1.54) is 31.6 Å². The molecule has 2 aromatic heterocycles. The fraction of sp³-hybridized carbons (Fsp3) is 0.0769. The number of carboxylic acid groups (broad SMARTS) is 1. The van der Waals surface area contributed by atoms with Crippen molar-refractivity contribution in [2.45, 2.75) is 10.1 Å². The molecule has 0 saturated carbocycles. The van der Waals surface area contributed by atoms with Crippen LogP contribution in [0.4, 0.5) is 0 Å². The van der Waals surface area contributed by atoms with Gasteiger partial charge in [-0.3, -0.25) is 0 Å². The summed E-state index contributed by atoms with van der Waals surface area (Å²) < 4.78 is 4.67. The number of esters is 1. The van der Waals surface area contributed by atoms with E-state index in [9.17, 15) is 9.59 Å². The summed E-state index contributed by atoms with van der Waals surface area (Å²) in [5.74, 6) is -1.54. The number of hydrogen-bond donors (Lipinski definition) is 1. The van der Waals surface area contributed by atoms with Crippen molar-refractivity contribution < 1.29 is 19.4 Å². The zero-order valence-corrected chi connectivity index (χ0v) is 11.3. The molecule has 0 amide bonds. The minimum atomic E-state index is -1.04. The Balaban J connectivity index is 2.33. The highest BCUT2D eigenvalue weighted by Gasteiger charge is 2.14. The van der Waals surface area contributed by atoms with Gasteiger partial charge in [-0.15, -0.1) is 0 Å². The van der Waals surface area contributed by atoms with Crippen molar-refractivity contribution in [1.82, 2.24) is 9.97 Å². The summed E-state index contributed by atoms with van der Waals surface area (Å²) in [6.07, 6.45) is 2.93. The molecule has 0 aliphatic carbocycles. The van der Waals surface area contributed by atoms with Crippen LogP contribution in [0.25, 0.3) is 0 Å². The molecule has 0 radical (unpaired) electrons. The SMILES string of the molecule is COC(=O)c1cccnc1Sc1cc(C(=O)O)ccn1. The van der Waals surface area contributed by atoms with Crippen molar-refractivity contribution >= 4 is 23.7 Å². The predicted molar refractivity (Wildman–Crippen MR) is 70.9 cm³/mol. The minimum Gasteiger partial charge on any atom is -0.478 e. The van der Waals surface area contributed by atoms with E-state index in [2.05, 4.69) is 14.7 Å². The van der Waals surface area contributed by atoms with E-state index >= 15 is 0 Å². The number of carbonyl (C=O) groups is 2. The summed E-state index contributed by atoms with van der Waals surface area (Å²) in [6.45, 7) is 0. The number of aromatic carboxylic acids is 1. The second-order valence-electron chi connectivity index (χ2n) is 3.64. The van der Waals surface area contributed by atoms with Crippen LogP contribution in [0.3, 0.4) is 0 Å². The van der Waals surface area contributed by atoms with Gasteiger partial charge < -0.3 is 9.84 Å². The molecule has 2 rings (SSSR count). The van der Waals surface area contributed by atoms with Gasteiger partial charge in [-0.1, -0.05) is 0 Å². The topological polar surface area (TPSA) is 89.4 Å². The summed E-state index contributed by atoms with van der Waals surface area (Å²) in [5.41, 5.74) is 0.431. The Bertz CT molecular complexity index is 660. The van der Waals surface area contributed by atoms with Crippen LogP contribution in [0.2, 0.25) is 0 Å². The number of rotatable bonds is 4. The molecule has 2 aromatic rings. The van der Waals surface area contributed by atoms with Crippen molar-refractivity contribution in [3.05, 3.63) is 47.8 Å². The average molecular weight is 290 g/mol. The van der Waals surface area contributed by atoms with Gasteiger partial charge in [0.05, 0.1) is 18.2 Å². The van der Waals surface area contributed by atoms with Gasteiger partial charge in [0.1, 0.15) is 10.1 Å². The van der Waals surface area contributed by atoms with Crippen LogP contribution in [0, 0.1) is 0 Å². The molecule has 102 valence electrons. The molecule has 7 heteroatoms. The monoisotopic (exact) mass is 290 g/mol. The van der Waals surface area contributed by atoms with Gasteiger partial charge in [0.15, 0.2) is 0 Å². The van der Waals surface area contributed by atoms with Crippen molar-refractivity contribution in [3.63, 3.8) is 0 Å². The highest BCUT2D eigenvalue weighted by Crippen LogP contribution is 2.27. The third kappa shape index (κ3) is 3.12. The standard InChI is InChI=1S/C13H10N2O4S/c1-19-13(18)9-3-2-5-15-11(9)20-10-7-8(12(16)17)4-6-14-10/h2-7H,1H3,(H,16,17). The van der Waals surface area contributed by atoms with Crippen LogP contribution in [0.1, 0.15) is 20.7 Å². The molecule has 0 atom stereocenters. The zero-order chi connectivity index (χ0) is 14.5. The van der Waals surface area contributed by atoms with Gasteiger partial charge in [0.2, 0.25) is 0 Å². The molecule has 2 heterocycles. The Hall–Kier alpha value is -2.41. The maximum atomic E-state index is 11.6. The first-order valence-corrected chi connectivity index (χ1v) is 6.34. The maximum Gasteiger partial charge on any atom is 0.340 e. The molecule has 0 aliphatic heterocycles. The molecule has 0 aliphatic rings. The van der Waals surface area contributed by atoms with Crippen molar-refractivity contribution in [2.24, 2.45) is 0 Å². The zero-order valence-electron chi connectivity index (χ0n) is 10.4. The molecule has 0 spiro atoms. The number of carbonyl (C=O) groups excluding carboxylic acids is 1. The number of aromatic nitrogens is 2. The van der Waals surface area contributed by atoms with Crippen LogP contribution in [0.5, 0.6) is 0 Å². The van der Waals surface area contributed by atoms with Crippen LogP contribution in [-0.2, 0) is 4.74 Å². The van der Waals surface area contributed by atoms with Crippen LogP contribution < -0.4 is 0 Å². The average Bonchev–Trinajstić information content (AvgIpc) is 2.47. The fourth-order valence-corrected chi connectivity index (χ4v) is 2.31. The largest absolute Gasteiger partial charge is 0.478 e. The summed E-state index contributed by atoms with van der Waals surface area (Å²) in [5, 5.41) is 9.78. The Kier molecular flexibility index (Phi) is 4.31. The van der Waals surface area contributed by atoms with E-state index in [0.29, 0.717) is 15.6 Å². The highest BCUT2D eigenvalue weighted by molar-refractivity contribution is 7.99. The molecule has 1 N–H and O–H groups in total. The van der Waals surface area contributed by atoms with E-state index < -0.39 is 11.9 Å². The third-order valence-corrected chi connectivity index (χ3v) is 3.31. The molecule has 6 nitrogen and oxygen atoms in total. The van der Waals surface area contributed by atoms with E-state index in [-0.39, 0.29) is 5.56 Å². The lowest BCUT2D eigenvalue weighted by Gasteiger charge is -2.05. The van der Waals surface area contributed by atoms with Gasteiger partial charge in [-0.05, 0) is 36.0 Å². The molecule has 20 heavy (non-hydrogen) atoms. The Labute approximate surface area is 118 Å². The lowest BCUT2D eigenvalue weighted by atomic mass is 10.3. The Morgan fingerprint density at radius 1 is 1.25 bits per heavy atom. The van der Waals surface area contributed by atoms with Gasteiger partial charge in [0, 0.05) is 12.4 Å². The smallest absolute Gasteiger partial charge is 0.340 e. The summed E-state index contributed by atoms with van der Waals surface area (Å²) in [6, 6.07) is 6.02. The van der Waals surface area contributed by atoms with E-state index in [4.69, 9.17) is 5.11 Å². The molecule has 0 unspecified atom stereocenters. The first-order chi connectivity index (χ1) is 9.61. The predicted octanol–water partition coefficient (Wildman–Crippen LogP) is 2.11. The van der Waals surface area contributed by atoms with E-state index in [1.807, 2.05) is 0 Å². The molecular formula is C13H10N2O4S. The number of pyridine rings is 2. The number of hydrogen-bond acceptors (Lipinski definition) is 6. The lowest BCUT2D eigenvalue weighted by molar-refractivity contribution is 0.0595. The van der Waals surface area contributed by atoms with Crippen molar-refractivity contribution in [1.29, 1.82) is 0 Å². The second-order valence-corrected chi connectivity index (χ2v) is 4.65. The molecular weight excluding hydrogens is 280 g/mol. The first kappa shape index (κ1) is 14.0. The lowest BCUT2D eigenvalue weighted by Crippen LogP contribution is -2.04. The van der Waals surface area contributed by atoms with Crippen LogP contribution in [0.15, 0.2) is 46.7 Å². The number of nitrogens with zero attached hydrogens (tertiary/aromatic N) is 2. The molecule has 0 saturated heterocycles. The van der Waals surface area contributed by atoms with Gasteiger partial charge in [-0.2, -0.15) is 0 Å². The molecule has 0 bridgehead atoms. The van der Waals surface area contributed by atoms with Crippen molar-refractivity contribution in [2.75, 3.05) is 7.11 Å². The normalized spacial score (nSPS) is 10.1. The van der Waals surface area contributed by atoms with Crippen LogP contribution in [-0.4, -0.2) is 34.1 Å². The van der Waals surface area contributed by atoms with E-state index in [0.717, 1.165) is 11.8 Å². The number of carboxylic acids is 1. The maximum absolute atomic E-state index is 11.6. The van der Waals surface area contributed by atoms with Gasteiger partial charge >= 0.3 is 11.9 Å². The molecule has 0 aromatic carbocycles. The number of ether oxygens (including phenoxy) is 1. The van der Waals surface area contributed by atoms with E-state index in [1.54, 1.807) is 12.1 Å². The minimum absolute atomic E-state index is 0.123. The summed E-state index contributed by atoms with van der Waals surface area (Å²) in [4.78, 5) is 30.7. The summed E-state index contributed by atoms with van der Waals surface area (Å²) in [7, 11) is 1.28. The summed E-state index contributed by atoms with van der Waals surface area (Å²) >= 11 is 1.10. The fourth-order valence-electron chi connectivity index (χ4n) is 1.43. The number of methoxy groups -OCH3 is 1. The van der Waals surface area contributed by atoms with Gasteiger partial charge in [0.25, 0.3) is 0 Å². The third-order valence-electron chi connectivity index (χ3n) is 2.36.